The van der Waals surface area contributed by atoms with Gasteiger partial charge in [-0.15, -0.1) is 0 Å². The molecule has 1 fully saturated rings. The third kappa shape index (κ3) is 7.83. The number of carbonyl (C=O) groups is 1. The van der Waals surface area contributed by atoms with Gasteiger partial charge in [-0.25, -0.2) is 16.8 Å². The zero-order valence-electron chi connectivity index (χ0n) is 21.4. The summed E-state index contributed by atoms with van der Waals surface area (Å²) < 4.78 is 62.9. The molecule has 1 N–H and O–H groups in total. The van der Waals surface area contributed by atoms with Crippen LogP contribution in [0, 0.1) is 0 Å². The van der Waals surface area contributed by atoms with E-state index in [1.165, 1.54) is 23.5 Å². The smallest absolute Gasteiger partial charge is 0.261 e. The molecule has 0 bridgehead atoms. The van der Waals surface area contributed by atoms with E-state index in [0.29, 0.717) is 36.7 Å². The van der Waals surface area contributed by atoms with Crippen LogP contribution in [0.25, 0.3) is 0 Å². The van der Waals surface area contributed by atoms with Crippen LogP contribution in [0.4, 0.5) is 5.69 Å². The summed E-state index contributed by atoms with van der Waals surface area (Å²) in [7, 11) is -5.40. The first-order valence-corrected chi connectivity index (χ1v) is 15.5. The number of benzene rings is 2. The molecule has 0 radical (unpaired) electrons. The van der Waals surface area contributed by atoms with Gasteiger partial charge in [-0.2, -0.15) is 4.31 Å². The molecule has 2 aromatic carbocycles. The van der Waals surface area contributed by atoms with Gasteiger partial charge in [0.05, 0.1) is 23.4 Å². The predicted molar refractivity (Wildman–Crippen MR) is 142 cm³/mol. The molecular weight excluding hydrogens is 518 g/mol. The molecule has 1 saturated heterocycles. The minimum Gasteiger partial charge on any atom is -0.492 e. The zero-order chi connectivity index (χ0) is 27.1. The van der Waals surface area contributed by atoms with E-state index in [9.17, 15) is 21.6 Å². The Kier molecular flexibility index (Phi) is 9.80. The lowest BCUT2D eigenvalue weighted by Crippen LogP contribution is -2.39. The van der Waals surface area contributed by atoms with E-state index in [-0.39, 0.29) is 24.0 Å². The van der Waals surface area contributed by atoms with Crippen LogP contribution in [-0.2, 0) is 24.8 Å². The highest BCUT2D eigenvalue weighted by Gasteiger charge is 2.25. The van der Waals surface area contributed by atoms with Gasteiger partial charge in [0.2, 0.25) is 20.0 Å². The Morgan fingerprint density at radius 3 is 2.14 bits per heavy atom. The van der Waals surface area contributed by atoms with Crippen LogP contribution in [0.2, 0.25) is 0 Å². The second-order valence-electron chi connectivity index (χ2n) is 8.81. The average molecular weight is 554 g/mol. The molecule has 3 rings (SSSR count). The summed E-state index contributed by atoms with van der Waals surface area (Å²) in [6.07, 6.45) is 3.65. The van der Waals surface area contributed by atoms with Gasteiger partial charge in [0.25, 0.3) is 5.91 Å². The molecule has 1 aliphatic rings. The van der Waals surface area contributed by atoms with Crippen LogP contribution in [0.15, 0.2) is 53.4 Å². The molecule has 12 heteroatoms. The van der Waals surface area contributed by atoms with Crippen molar-refractivity contribution in [1.82, 2.24) is 9.62 Å². The summed E-state index contributed by atoms with van der Waals surface area (Å²) >= 11 is 0. The fraction of sp³-hybridized carbons (Fsp3) is 0.480. The number of anilines is 1. The number of ether oxygens (including phenoxy) is 2. The van der Waals surface area contributed by atoms with Gasteiger partial charge in [-0.3, -0.25) is 9.10 Å². The molecule has 0 spiro atoms. The van der Waals surface area contributed by atoms with Crippen LogP contribution >= 0.6 is 0 Å². The summed E-state index contributed by atoms with van der Waals surface area (Å²) in [6.45, 7) is 3.37. The maximum absolute atomic E-state index is 12.7. The molecule has 1 amide bonds. The van der Waals surface area contributed by atoms with Crippen LogP contribution in [-0.4, -0.2) is 72.7 Å². The summed E-state index contributed by atoms with van der Waals surface area (Å²) in [5, 5.41) is 2.77. The maximum Gasteiger partial charge on any atom is 0.261 e. The highest BCUT2D eigenvalue weighted by Crippen LogP contribution is 2.23. The van der Waals surface area contributed by atoms with Gasteiger partial charge in [0.1, 0.15) is 18.1 Å². The molecule has 1 atom stereocenters. The van der Waals surface area contributed by atoms with Crippen molar-refractivity contribution in [1.29, 1.82) is 0 Å². The van der Waals surface area contributed by atoms with E-state index < -0.39 is 26.2 Å². The normalized spacial score (nSPS) is 15.5. The molecule has 2 aromatic rings. The van der Waals surface area contributed by atoms with Crippen molar-refractivity contribution < 1.29 is 31.1 Å². The third-order valence-corrected chi connectivity index (χ3v) is 9.20. The Morgan fingerprint density at radius 2 is 1.57 bits per heavy atom. The lowest BCUT2D eigenvalue weighted by Gasteiger charge is -2.25. The largest absolute Gasteiger partial charge is 0.492 e. The van der Waals surface area contributed by atoms with Gasteiger partial charge >= 0.3 is 0 Å². The van der Waals surface area contributed by atoms with Crippen molar-refractivity contribution in [3.05, 3.63) is 48.5 Å². The fourth-order valence-electron chi connectivity index (χ4n) is 3.83. The topological polar surface area (TPSA) is 122 Å². The second kappa shape index (κ2) is 12.6. The number of hydrogen-bond acceptors (Lipinski definition) is 7. The maximum atomic E-state index is 12.7. The minimum absolute atomic E-state index is 0.201. The first kappa shape index (κ1) is 28.7. The average Bonchev–Trinajstić information content (AvgIpc) is 2.89. The Bertz CT molecular complexity index is 1240. The number of piperidine rings is 1. The lowest BCUT2D eigenvalue weighted by molar-refractivity contribution is -0.128. The highest BCUT2D eigenvalue weighted by atomic mass is 32.2. The Hall–Kier alpha value is -2.83. The van der Waals surface area contributed by atoms with E-state index in [2.05, 4.69) is 5.32 Å². The molecule has 37 heavy (non-hydrogen) atoms. The number of amides is 1. The summed E-state index contributed by atoms with van der Waals surface area (Å²) in [5.41, 5.74) is 0.488. The molecule has 10 nitrogen and oxygen atoms in total. The van der Waals surface area contributed by atoms with Crippen LogP contribution in [0.5, 0.6) is 11.5 Å². The van der Waals surface area contributed by atoms with Gasteiger partial charge in [0, 0.05) is 20.1 Å². The number of nitrogens with one attached hydrogen (secondary N) is 1. The van der Waals surface area contributed by atoms with E-state index in [0.717, 1.165) is 29.8 Å². The van der Waals surface area contributed by atoms with E-state index in [4.69, 9.17) is 9.47 Å². The molecule has 204 valence electrons. The van der Waals surface area contributed by atoms with Crippen LogP contribution < -0.4 is 19.1 Å². The SMILES string of the molecule is CC[C@@H](Oc1ccc(N(C)S(C)(=O)=O)cc1)C(=O)NCCOc1ccc(S(=O)(=O)N2CCCCC2)cc1. The highest BCUT2D eigenvalue weighted by molar-refractivity contribution is 7.92. The van der Waals surface area contributed by atoms with Gasteiger partial charge < -0.3 is 14.8 Å². The second-order valence-corrected chi connectivity index (χ2v) is 12.8. The van der Waals surface area contributed by atoms with Crippen molar-refractivity contribution in [3.8, 4) is 11.5 Å². The van der Waals surface area contributed by atoms with Gasteiger partial charge in [0.15, 0.2) is 6.10 Å². The Morgan fingerprint density at radius 1 is 0.973 bits per heavy atom. The van der Waals surface area contributed by atoms with E-state index >= 15 is 0 Å². The van der Waals surface area contributed by atoms with Crippen molar-refractivity contribution in [2.75, 3.05) is 43.8 Å². The van der Waals surface area contributed by atoms with Gasteiger partial charge in [-0.1, -0.05) is 13.3 Å². The van der Waals surface area contributed by atoms with Crippen molar-refractivity contribution >= 4 is 31.6 Å². The molecule has 0 unspecified atom stereocenters. The summed E-state index contributed by atoms with van der Waals surface area (Å²) in [6, 6.07) is 12.8. The van der Waals surface area contributed by atoms with Crippen LogP contribution in [0.1, 0.15) is 32.6 Å². The summed E-state index contributed by atoms with van der Waals surface area (Å²) in [5.74, 6) is 0.657. The molecular formula is C25H35N3O7S2. The molecule has 0 saturated carbocycles. The van der Waals surface area contributed by atoms with Crippen molar-refractivity contribution in [2.45, 2.75) is 43.6 Å². The number of carbonyl (C=O) groups excluding carboxylic acids is 1. The molecule has 0 aromatic heterocycles. The van der Waals surface area contributed by atoms with Crippen molar-refractivity contribution in [2.24, 2.45) is 0 Å². The summed E-state index contributed by atoms with van der Waals surface area (Å²) in [4.78, 5) is 12.8. The minimum atomic E-state index is -3.49. The first-order valence-electron chi connectivity index (χ1n) is 12.2. The van der Waals surface area contributed by atoms with Crippen LogP contribution in [0.3, 0.4) is 0 Å². The Labute approximate surface area is 219 Å². The molecule has 1 heterocycles. The van der Waals surface area contributed by atoms with E-state index in [1.807, 2.05) is 6.92 Å². The zero-order valence-corrected chi connectivity index (χ0v) is 23.1. The number of sulfonamides is 2. The number of rotatable bonds is 12. The monoisotopic (exact) mass is 553 g/mol. The van der Waals surface area contributed by atoms with Gasteiger partial charge in [-0.05, 0) is 67.8 Å². The lowest BCUT2D eigenvalue weighted by atomic mass is 10.2. The first-order chi connectivity index (χ1) is 17.5. The molecule has 1 aliphatic heterocycles. The third-order valence-electron chi connectivity index (χ3n) is 6.09. The fourth-order valence-corrected chi connectivity index (χ4v) is 5.85. The number of nitrogens with zero attached hydrogens (tertiary/aromatic N) is 2. The predicted octanol–water partition coefficient (Wildman–Crippen LogP) is 2.61. The quantitative estimate of drug-likeness (QED) is 0.401. The molecule has 0 aliphatic carbocycles. The Balaban J connectivity index is 1.46. The van der Waals surface area contributed by atoms with E-state index in [1.54, 1.807) is 36.4 Å². The number of hydrogen-bond donors (Lipinski definition) is 1. The standard InChI is InChI=1S/C25H35N3O7S2/c1-4-24(35-22-10-8-20(9-11-22)27(2)36(3,30)31)25(29)26-16-19-34-21-12-14-23(15-13-21)37(32,33)28-17-6-5-7-18-28/h8-15,24H,4-7,16-19H2,1-3H3,(H,26,29)/t24-/m1/s1. The van der Waals surface area contributed by atoms with Crippen molar-refractivity contribution in [3.63, 3.8) is 0 Å².